The monoisotopic (exact) mass is 275 g/mol. The van der Waals surface area contributed by atoms with Crippen molar-refractivity contribution in [2.24, 2.45) is 0 Å². The molecule has 0 aliphatic carbocycles. The van der Waals surface area contributed by atoms with Crippen molar-refractivity contribution in [1.29, 1.82) is 0 Å². The van der Waals surface area contributed by atoms with E-state index in [1.165, 1.54) is 0 Å². The molecule has 0 bridgehead atoms. The molecule has 96 valence electrons. The molecule has 0 amide bonds. The van der Waals surface area contributed by atoms with Gasteiger partial charge in [0, 0.05) is 25.8 Å². The topological polar surface area (TPSA) is 21.3 Å². The number of ether oxygens (including phenoxy) is 1. The average Bonchev–Trinajstić information content (AvgIpc) is 2.30. The fourth-order valence-corrected chi connectivity index (χ4v) is 1.99. The van der Waals surface area contributed by atoms with Crippen molar-refractivity contribution in [3.8, 4) is 0 Å². The first-order valence-corrected chi connectivity index (χ1v) is 6.50. The van der Waals surface area contributed by atoms with E-state index in [0.29, 0.717) is 16.1 Å². The van der Waals surface area contributed by atoms with Gasteiger partial charge in [0.15, 0.2) is 0 Å². The maximum absolute atomic E-state index is 6.00. The first-order valence-electron chi connectivity index (χ1n) is 5.74. The van der Waals surface area contributed by atoms with Crippen molar-refractivity contribution in [3.05, 3.63) is 33.8 Å². The maximum Gasteiger partial charge on any atom is 0.0595 e. The number of rotatable bonds is 6. The zero-order valence-electron chi connectivity index (χ0n) is 10.5. The molecule has 1 aromatic carbocycles. The van der Waals surface area contributed by atoms with Crippen LogP contribution >= 0.6 is 23.2 Å². The van der Waals surface area contributed by atoms with Crippen molar-refractivity contribution < 1.29 is 4.74 Å². The second-order valence-electron chi connectivity index (χ2n) is 4.24. The lowest BCUT2D eigenvalue weighted by molar-refractivity contribution is 0.183. The largest absolute Gasteiger partial charge is 0.385 e. The quantitative estimate of drug-likeness (QED) is 0.845. The Balaban J connectivity index is 2.57. The standard InChI is InChI=1S/C13H19Cl2NO/c1-9(6-7-17-3)16-10(2)11-4-5-12(14)13(15)8-11/h4-5,8-10,16H,6-7H2,1-3H3. The Morgan fingerprint density at radius 3 is 2.53 bits per heavy atom. The molecule has 1 N–H and O–H groups in total. The molecule has 0 fully saturated rings. The summed E-state index contributed by atoms with van der Waals surface area (Å²) in [6.07, 6.45) is 0.988. The molecule has 0 aromatic heterocycles. The van der Waals surface area contributed by atoms with Crippen LogP contribution in [0.2, 0.25) is 10.0 Å². The van der Waals surface area contributed by atoms with Gasteiger partial charge in [-0.1, -0.05) is 29.3 Å². The van der Waals surface area contributed by atoms with E-state index in [1.54, 1.807) is 7.11 Å². The van der Waals surface area contributed by atoms with Crippen LogP contribution in [0.15, 0.2) is 18.2 Å². The van der Waals surface area contributed by atoms with Gasteiger partial charge in [0.25, 0.3) is 0 Å². The average molecular weight is 276 g/mol. The Labute approximate surface area is 113 Å². The van der Waals surface area contributed by atoms with Crippen molar-refractivity contribution in [1.82, 2.24) is 5.32 Å². The fourth-order valence-electron chi connectivity index (χ4n) is 1.68. The van der Waals surface area contributed by atoms with Gasteiger partial charge in [0.05, 0.1) is 10.0 Å². The summed E-state index contributed by atoms with van der Waals surface area (Å²) in [5.41, 5.74) is 1.14. The highest BCUT2D eigenvalue weighted by Crippen LogP contribution is 2.25. The molecule has 17 heavy (non-hydrogen) atoms. The zero-order chi connectivity index (χ0) is 12.8. The lowest BCUT2D eigenvalue weighted by atomic mass is 10.1. The summed E-state index contributed by atoms with van der Waals surface area (Å²) in [6, 6.07) is 6.38. The molecule has 2 unspecified atom stereocenters. The molecule has 2 nitrogen and oxygen atoms in total. The number of hydrogen-bond acceptors (Lipinski definition) is 2. The minimum absolute atomic E-state index is 0.247. The van der Waals surface area contributed by atoms with Crippen molar-refractivity contribution in [3.63, 3.8) is 0 Å². The Morgan fingerprint density at radius 1 is 1.24 bits per heavy atom. The van der Waals surface area contributed by atoms with Gasteiger partial charge < -0.3 is 10.1 Å². The molecule has 0 spiro atoms. The summed E-state index contributed by atoms with van der Waals surface area (Å²) in [5, 5.41) is 4.69. The van der Waals surface area contributed by atoms with E-state index in [0.717, 1.165) is 18.6 Å². The number of halogens is 2. The zero-order valence-corrected chi connectivity index (χ0v) is 12.0. The number of methoxy groups -OCH3 is 1. The van der Waals surface area contributed by atoms with Crippen LogP contribution in [-0.4, -0.2) is 19.8 Å². The third-order valence-electron chi connectivity index (χ3n) is 2.73. The highest BCUT2D eigenvalue weighted by molar-refractivity contribution is 6.42. The smallest absolute Gasteiger partial charge is 0.0595 e. The predicted octanol–water partition coefficient (Wildman–Crippen LogP) is 4.07. The first kappa shape index (κ1) is 14.8. The van der Waals surface area contributed by atoms with Crippen LogP contribution in [-0.2, 0) is 4.74 Å². The number of nitrogens with one attached hydrogen (secondary N) is 1. The summed E-state index contributed by atoms with van der Waals surface area (Å²) in [6.45, 7) is 5.03. The molecule has 0 aliphatic heterocycles. The highest BCUT2D eigenvalue weighted by Gasteiger charge is 2.10. The van der Waals surface area contributed by atoms with Crippen LogP contribution in [0.3, 0.4) is 0 Å². The molecule has 0 heterocycles. The Kier molecular flexibility index (Phi) is 6.28. The molecule has 1 rings (SSSR count). The molecular weight excluding hydrogens is 257 g/mol. The van der Waals surface area contributed by atoms with Crippen LogP contribution in [0.5, 0.6) is 0 Å². The van der Waals surface area contributed by atoms with Gasteiger partial charge in [-0.3, -0.25) is 0 Å². The first-order chi connectivity index (χ1) is 8.04. The van der Waals surface area contributed by atoms with E-state index in [9.17, 15) is 0 Å². The number of benzene rings is 1. The second-order valence-corrected chi connectivity index (χ2v) is 5.06. The fraction of sp³-hybridized carbons (Fsp3) is 0.538. The van der Waals surface area contributed by atoms with Crippen molar-refractivity contribution >= 4 is 23.2 Å². The molecule has 4 heteroatoms. The normalized spacial score (nSPS) is 14.6. The van der Waals surface area contributed by atoms with Gasteiger partial charge in [0.1, 0.15) is 0 Å². The Hall–Kier alpha value is -0.280. The molecule has 0 saturated heterocycles. The van der Waals surface area contributed by atoms with E-state index in [1.807, 2.05) is 18.2 Å². The Morgan fingerprint density at radius 2 is 1.94 bits per heavy atom. The molecule has 0 saturated carbocycles. The van der Waals surface area contributed by atoms with E-state index in [2.05, 4.69) is 19.2 Å². The lowest BCUT2D eigenvalue weighted by Gasteiger charge is -2.20. The molecule has 2 atom stereocenters. The van der Waals surface area contributed by atoms with Crippen LogP contribution < -0.4 is 5.32 Å². The summed E-state index contributed by atoms with van der Waals surface area (Å²) >= 11 is 11.9. The third-order valence-corrected chi connectivity index (χ3v) is 3.47. The minimum Gasteiger partial charge on any atom is -0.385 e. The molecular formula is C13H19Cl2NO. The highest BCUT2D eigenvalue weighted by atomic mass is 35.5. The van der Waals surface area contributed by atoms with E-state index >= 15 is 0 Å². The lowest BCUT2D eigenvalue weighted by Crippen LogP contribution is -2.29. The third kappa shape index (κ3) is 4.84. The predicted molar refractivity (Wildman–Crippen MR) is 74.0 cm³/mol. The summed E-state index contributed by atoms with van der Waals surface area (Å²) in [4.78, 5) is 0. The second kappa shape index (κ2) is 7.22. The van der Waals surface area contributed by atoms with Gasteiger partial charge in [-0.25, -0.2) is 0 Å². The van der Waals surface area contributed by atoms with Crippen LogP contribution in [0, 0.1) is 0 Å². The van der Waals surface area contributed by atoms with Crippen LogP contribution in [0.1, 0.15) is 31.9 Å². The molecule has 1 aromatic rings. The van der Waals surface area contributed by atoms with Crippen LogP contribution in [0.4, 0.5) is 0 Å². The van der Waals surface area contributed by atoms with Crippen molar-refractivity contribution in [2.75, 3.05) is 13.7 Å². The van der Waals surface area contributed by atoms with Gasteiger partial charge in [-0.2, -0.15) is 0 Å². The summed E-state index contributed by atoms with van der Waals surface area (Å²) in [5.74, 6) is 0. The summed E-state index contributed by atoms with van der Waals surface area (Å²) < 4.78 is 5.06. The SMILES string of the molecule is COCCC(C)NC(C)c1ccc(Cl)c(Cl)c1. The molecule has 0 aliphatic rings. The van der Waals surface area contributed by atoms with Gasteiger partial charge in [-0.05, 0) is 38.0 Å². The number of hydrogen-bond donors (Lipinski definition) is 1. The van der Waals surface area contributed by atoms with E-state index in [4.69, 9.17) is 27.9 Å². The van der Waals surface area contributed by atoms with E-state index in [-0.39, 0.29) is 6.04 Å². The summed E-state index contributed by atoms with van der Waals surface area (Å²) in [7, 11) is 1.72. The van der Waals surface area contributed by atoms with Gasteiger partial charge in [-0.15, -0.1) is 0 Å². The van der Waals surface area contributed by atoms with Crippen molar-refractivity contribution in [2.45, 2.75) is 32.4 Å². The Bertz CT molecular complexity index is 357. The molecule has 0 radical (unpaired) electrons. The van der Waals surface area contributed by atoms with Gasteiger partial charge >= 0.3 is 0 Å². The minimum atomic E-state index is 0.247. The van der Waals surface area contributed by atoms with Crippen LogP contribution in [0.25, 0.3) is 0 Å². The maximum atomic E-state index is 6.00. The van der Waals surface area contributed by atoms with Gasteiger partial charge in [0.2, 0.25) is 0 Å². The van der Waals surface area contributed by atoms with E-state index < -0.39 is 0 Å².